The van der Waals surface area contributed by atoms with E-state index >= 15 is 0 Å². The van der Waals surface area contributed by atoms with Gasteiger partial charge in [0.2, 0.25) is 0 Å². The number of nitrogens with one attached hydrogen (secondary N) is 1. The lowest BCUT2D eigenvalue weighted by atomic mass is 9.92. The minimum Gasteiger partial charge on any atom is -0.301 e. The average molecular weight is 211 g/mol. The highest BCUT2D eigenvalue weighted by atomic mass is 32.1. The molecule has 1 heterocycles. The van der Waals surface area contributed by atoms with Crippen molar-refractivity contribution in [2.45, 2.75) is 46.1 Å². The zero-order valence-corrected chi connectivity index (χ0v) is 9.82. The van der Waals surface area contributed by atoms with E-state index in [9.17, 15) is 0 Å². The quantitative estimate of drug-likeness (QED) is 0.724. The number of H-pyrrole nitrogens is 1. The summed E-state index contributed by atoms with van der Waals surface area (Å²) in [6.45, 7) is 6.66. The maximum Gasteiger partial charge on any atom is 0.195 e. The molecule has 3 nitrogen and oxygen atoms in total. The summed E-state index contributed by atoms with van der Waals surface area (Å²) in [6, 6.07) is 0.552. The zero-order valence-electron chi connectivity index (χ0n) is 9.00. The topological polar surface area (TPSA) is 33.6 Å². The number of rotatable bonds is 1. The Morgan fingerprint density at radius 2 is 2.29 bits per heavy atom. The molecular formula is C10H17N3S. The first-order valence-electron chi connectivity index (χ1n) is 5.13. The second kappa shape index (κ2) is 3.19. The first-order valence-corrected chi connectivity index (χ1v) is 5.54. The van der Waals surface area contributed by atoms with Crippen LogP contribution in [0.15, 0.2) is 0 Å². The molecule has 0 amide bonds. The number of hydrogen-bond acceptors (Lipinski definition) is 2. The molecule has 0 saturated heterocycles. The van der Waals surface area contributed by atoms with Crippen LogP contribution in [0.3, 0.4) is 0 Å². The number of aromatic amines is 1. The van der Waals surface area contributed by atoms with E-state index in [-0.39, 0.29) is 0 Å². The predicted molar refractivity (Wildman–Crippen MR) is 58.8 cm³/mol. The maximum absolute atomic E-state index is 5.23. The van der Waals surface area contributed by atoms with Gasteiger partial charge in [-0.25, -0.2) is 0 Å². The molecule has 0 spiro atoms. The maximum atomic E-state index is 5.23. The van der Waals surface area contributed by atoms with Crippen molar-refractivity contribution in [1.82, 2.24) is 14.8 Å². The third-order valence-electron chi connectivity index (χ3n) is 3.19. The van der Waals surface area contributed by atoms with Crippen molar-refractivity contribution in [2.75, 3.05) is 0 Å². The van der Waals surface area contributed by atoms with Gasteiger partial charge in [0, 0.05) is 6.04 Å². The lowest BCUT2D eigenvalue weighted by Crippen LogP contribution is -2.10. The lowest BCUT2D eigenvalue weighted by Gasteiger charge is -2.18. The summed E-state index contributed by atoms with van der Waals surface area (Å²) in [4.78, 5) is 0. The van der Waals surface area contributed by atoms with Crippen molar-refractivity contribution in [2.24, 2.45) is 5.41 Å². The molecule has 1 atom stereocenters. The van der Waals surface area contributed by atoms with Crippen LogP contribution in [0, 0.1) is 17.1 Å². The molecule has 78 valence electrons. The van der Waals surface area contributed by atoms with Gasteiger partial charge >= 0.3 is 0 Å². The molecular weight excluding hydrogens is 194 g/mol. The van der Waals surface area contributed by atoms with Crippen LogP contribution < -0.4 is 0 Å². The van der Waals surface area contributed by atoms with Gasteiger partial charge in [-0.3, -0.25) is 5.10 Å². The minimum atomic E-state index is 0.461. The fraction of sp³-hybridized carbons (Fsp3) is 0.800. The second-order valence-corrected chi connectivity index (χ2v) is 5.39. The van der Waals surface area contributed by atoms with Crippen LogP contribution in [0.5, 0.6) is 0 Å². The lowest BCUT2D eigenvalue weighted by molar-refractivity contribution is 0.356. The van der Waals surface area contributed by atoms with Gasteiger partial charge in [0.15, 0.2) is 4.77 Å². The van der Waals surface area contributed by atoms with Crippen LogP contribution in [0.25, 0.3) is 0 Å². The molecule has 1 aliphatic carbocycles. The van der Waals surface area contributed by atoms with Gasteiger partial charge < -0.3 is 4.57 Å². The van der Waals surface area contributed by atoms with Crippen LogP contribution in [-0.4, -0.2) is 14.8 Å². The van der Waals surface area contributed by atoms with Crippen molar-refractivity contribution in [3.8, 4) is 0 Å². The summed E-state index contributed by atoms with van der Waals surface area (Å²) in [5.41, 5.74) is 0.461. The molecule has 0 aliphatic heterocycles. The number of hydrogen-bond donors (Lipinski definition) is 1. The molecule has 2 rings (SSSR count). The molecule has 1 aromatic rings. The van der Waals surface area contributed by atoms with Gasteiger partial charge in [-0.05, 0) is 43.8 Å². The summed E-state index contributed by atoms with van der Waals surface area (Å²) in [5.74, 6) is 1.01. The van der Waals surface area contributed by atoms with Crippen molar-refractivity contribution >= 4 is 12.2 Å². The summed E-state index contributed by atoms with van der Waals surface area (Å²) >= 11 is 5.23. The summed E-state index contributed by atoms with van der Waals surface area (Å²) in [7, 11) is 0. The third-order valence-corrected chi connectivity index (χ3v) is 3.48. The van der Waals surface area contributed by atoms with Crippen LogP contribution in [0.2, 0.25) is 0 Å². The second-order valence-electron chi connectivity index (χ2n) is 5.01. The molecule has 1 aliphatic rings. The molecule has 0 aromatic carbocycles. The van der Waals surface area contributed by atoms with E-state index in [0.717, 1.165) is 10.6 Å². The third kappa shape index (κ3) is 1.63. The molecule has 1 saturated carbocycles. The molecule has 0 radical (unpaired) electrons. The number of aromatic nitrogens is 3. The van der Waals surface area contributed by atoms with Crippen LogP contribution in [-0.2, 0) is 0 Å². The van der Waals surface area contributed by atoms with E-state index in [0.29, 0.717) is 11.5 Å². The summed E-state index contributed by atoms with van der Waals surface area (Å²) in [6.07, 6.45) is 3.72. The van der Waals surface area contributed by atoms with Gasteiger partial charge in [-0.2, -0.15) is 5.10 Å². The Bertz CT molecular complexity index is 388. The highest BCUT2D eigenvalue weighted by molar-refractivity contribution is 7.71. The first kappa shape index (κ1) is 9.90. The normalized spacial score (nSPS) is 25.5. The highest BCUT2D eigenvalue weighted by Crippen LogP contribution is 2.43. The van der Waals surface area contributed by atoms with Gasteiger partial charge in [-0.15, -0.1) is 0 Å². The van der Waals surface area contributed by atoms with Crippen molar-refractivity contribution in [3.63, 3.8) is 0 Å². The van der Waals surface area contributed by atoms with E-state index in [2.05, 4.69) is 28.6 Å². The molecule has 4 heteroatoms. The molecule has 0 bridgehead atoms. The fourth-order valence-electron chi connectivity index (χ4n) is 2.43. The highest BCUT2D eigenvalue weighted by Gasteiger charge is 2.32. The van der Waals surface area contributed by atoms with E-state index in [1.807, 2.05) is 6.92 Å². The average Bonchev–Trinajstić information content (AvgIpc) is 2.56. The van der Waals surface area contributed by atoms with Crippen LogP contribution in [0.4, 0.5) is 0 Å². The van der Waals surface area contributed by atoms with Crippen molar-refractivity contribution < 1.29 is 0 Å². The van der Waals surface area contributed by atoms with E-state index in [1.54, 1.807) is 0 Å². The largest absolute Gasteiger partial charge is 0.301 e. The SMILES string of the molecule is Cc1n[nH]c(=S)n1C1CCC(C)(C)C1. The van der Waals surface area contributed by atoms with Gasteiger partial charge in [0.25, 0.3) is 0 Å². The Labute approximate surface area is 89.5 Å². The minimum absolute atomic E-state index is 0.461. The smallest absolute Gasteiger partial charge is 0.195 e. The Kier molecular flexibility index (Phi) is 2.26. The Morgan fingerprint density at radius 3 is 2.71 bits per heavy atom. The van der Waals surface area contributed by atoms with Gasteiger partial charge in [-0.1, -0.05) is 13.8 Å². The van der Waals surface area contributed by atoms with Crippen LogP contribution in [0.1, 0.15) is 45.0 Å². The van der Waals surface area contributed by atoms with E-state index in [4.69, 9.17) is 12.2 Å². The van der Waals surface area contributed by atoms with E-state index < -0.39 is 0 Å². The first-order chi connectivity index (χ1) is 6.49. The molecule has 1 unspecified atom stereocenters. The number of aryl methyl sites for hydroxylation is 1. The van der Waals surface area contributed by atoms with Crippen molar-refractivity contribution in [1.29, 1.82) is 0 Å². The molecule has 1 aromatic heterocycles. The standard InChI is InChI=1S/C10H17N3S/c1-7-11-12-9(14)13(7)8-4-5-10(2,3)6-8/h8H,4-6H2,1-3H3,(H,12,14). The van der Waals surface area contributed by atoms with Gasteiger partial charge in [0.05, 0.1) is 0 Å². The Hall–Kier alpha value is -0.640. The van der Waals surface area contributed by atoms with Gasteiger partial charge in [0.1, 0.15) is 5.82 Å². The fourth-order valence-corrected chi connectivity index (χ4v) is 2.76. The van der Waals surface area contributed by atoms with E-state index in [1.165, 1.54) is 19.3 Å². The zero-order chi connectivity index (χ0) is 10.3. The Morgan fingerprint density at radius 1 is 1.57 bits per heavy atom. The van der Waals surface area contributed by atoms with Crippen molar-refractivity contribution in [3.05, 3.63) is 10.6 Å². The molecule has 14 heavy (non-hydrogen) atoms. The monoisotopic (exact) mass is 211 g/mol. The summed E-state index contributed by atoms with van der Waals surface area (Å²) < 4.78 is 2.94. The molecule has 1 fully saturated rings. The molecule has 1 N–H and O–H groups in total. The predicted octanol–water partition coefficient (Wildman–Crippen LogP) is 3.00. The van der Waals surface area contributed by atoms with Crippen LogP contribution >= 0.6 is 12.2 Å². The summed E-state index contributed by atoms with van der Waals surface area (Å²) in [5, 5.41) is 7.01. The number of nitrogens with zero attached hydrogens (tertiary/aromatic N) is 2. The Balaban J connectivity index is 2.30.